The molecule has 0 radical (unpaired) electrons. The molecule has 1 heterocycles. The van der Waals surface area contributed by atoms with Gasteiger partial charge in [0.2, 0.25) is 0 Å². The van der Waals surface area contributed by atoms with Crippen LogP contribution in [0.2, 0.25) is 0 Å². The van der Waals surface area contributed by atoms with Crippen LogP contribution in [0.1, 0.15) is 56.0 Å². The average Bonchev–Trinajstić information content (AvgIpc) is 3.23. The Kier molecular flexibility index (Phi) is 7.76. The molecule has 1 aromatic rings. The van der Waals surface area contributed by atoms with Crippen molar-refractivity contribution in [2.24, 2.45) is 10.4 Å². The molecule has 0 saturated heterocycles. The molecule has 2 N–H and O–H groups in total. The van der Waals surface area contributed by atoms with Gasteiger partial charge in [0.25, 0.3) is 0 Å². The molecular weight excluding hydrogens is 443 g/mol. The normalized spacial score (nSPS) is 24.2. The van der Waals surface area contributed by atoms with Crippen LogP contribution >= 0.6 is 24.0 Å². The molecule has 26 heavy (non-hydrogen) atoms. The summed E-state index contributed by atoms with van der Waals surface area (Å²) in [6.45, 7) is 7.68. The van der Waals surface area contributed by atoms with E-state index in [-0.39, 0.29) is 24.0 Å². The van der Waals surface area contributed by atoms with E-state index in [4.69, 9.17) is 9.26 Å². The van der Waals surface area contributed by atoms with E-state index >= 15 is 0 Å². The van der Waals surface area contributed by atoms with Gasteiger partial charge >= 0.3 is 0 Å². The molecule has 0 amide bonds. The predicted molar refractivity (Wildman–Crippen MR) is 114 cm³/mol. The Hall–Kier alpha value is -0.830. The molecule has 0 bridgehead atoms. The largest absolute Gasteiger partial charge is 0.378 e. The molecule has 2 fully saturated rings. The van der Waals surface area contributed by atoms with Crippen LogP contribution in [0.3, 0.4) is 0 Å². The summed E-state index contributed by atoms with van der Waals surface area (Å²) in [5, 5.41) is 11.1. The number of nitrogens with zero attached hydrogens (tertiary/aromatic N) is 2. The Balaban J connectivity index is 0.00000243. The molecule has 3 rings (SSSR count). The zero-order valence-electron chi connectivity index (χ0n) is 16.4. The molecule has 0 aromatic carbocycles. The smallest absolute Gasteiger partial charge is 0.191 e. The van der Waals surface area contributed by atoms with Crippen molar-refractivity contribution in [3.8, 4) is 0 Å². The summed E-state index contributed by atoms with van der Waals surface area (Å²) in [6.07, 6.45) is 7.56. The monoisotopic (exact) mass is 476 g/mol. The van der Waals surface area contributed by atoms with Crippen LogP contribution in [0.15, 0.2) is 9.52 Å². The van der Waals surface area contributed by atoms with E-state index in [2.05, 4.69) is 27.7 Å². The van der Waals surface area contributed by atoms with Gasteiger partial charge in [-0.15, -0.1) is 24.0 Å². The molecule has 7 heteroatoms. The van der Waals surface area contributed by atoms with Crippen molar-refractivity contribution < 1.29 is 9.26 Å². The zero-order chi connectivity index (χ0) is 17.9. The quantitative estimate of drug-likeness (QED) is 0.375. The fraction of sp³-hybridized carbons (Fsp3) is 0.789. The number of ether oxygens (including phenoxy) is 1. The first-order valence-corrected chi connectivity index (χ1v) is 9.61. The number of nitrogens with one attached hydrogen (secondary N) is 2. The third-order valence-electron chi connectivity index (χ3n) is 6.07. The molecule has 1 spiro atoms. The number of guanidine groups is 1. The third-order valence-corrected chi connectivity index (χ3v) is 6.07. The number of halogens is 1. The molecular formula is C19H33IN4O2. The topological polar surface area (TPSA) is 71.7 Å². The lowest BCUT2D eigenvalue weighted by Crippen LogP contribution is -2.65. The Morgan fingerprint density at radius 2 is 2.08 bits per heavy atom. The van der Waals surface area contributed by atoms with Crippen LogP contribution in [-0.2, 0) is 11.2 Å². The number of aliphatic imine (C=N–C) groups is 1. The lowest BCUT2D eigenvalue weighted by Gasteiger charge is -2.54. The van der Waals surface area contributed by atoms with Gasteiger partial charge in [-0.2, -0.15) is 0 Å². The second kappa shape index (κ2) is 9.39. The van der Waals surface area contributed by atoms with E-state index in [1.807, 2.05) is 20.9 Å². The van der Waals surface area contributed by atoms with Crippen LogP contribution in [0, 0.1) is 19.3 Å². The van der Waals surface area contributed by atoms with Crippen molar-refractivity contribution >= 4 is 29.9 Å². The Morgan fingerprint density at radius 1 is 1.35 bits per heavy atom. The van der Waals surface area contributed by atoms with E-state index in [1.54, 1.807) is 0 Å². The summed E-state index contributed by atoms with van der Waals surface area (Å²) < 4.78 is 11.2. The van der Waals surface area contributed by atoms with Crippen molar-refractivity contribution in [3.63, 3.8) is 0 Å². The van der Waals surface area contributed by atoms with Gasteiger partial charge in [-0.25, -0.2) is 0 Å². The average molecular weight is 476 g/mol. The summed E-state index contributed by atoms with van der Waals surface area (Å²) >= 11 is 0. The van der Waals surface area contributed by atoms with E-state index in [1.165, 1.54) is 31.2 Å². The standard InChI is InChI=1S/C19H32N4O2.HI/c1-5-24-17-12-16(19(17)9-6-7-10-19)22-18(20-4)21-11-8-15-13(2)23-25-14(15)3;/h16-17H,5-12H2,1-4H3,(H2,20,21,22);1H. The van der Waals surface area contributed by atoms with Gasteiger partial charge in [0.15, 0.2) is 5.96 Å². The van der Waals surface area contributed by atoms with E-state index in [0.717, 1.165) is 43.4 Å². The molecule has 2 atom stereocenters. The van der Waals surface area contributed by atoms with Crippen LogP contribution in [-0.4, -0.2) is 43.5 Å². The van der Waals surface area contributed by atoms with Crippen molar-refractivity contribution in [2.45, 2.75) is 71.4 Å². The first-order valence-electron chi connectivity index (χ1n) is 9.61. The zero-order valence-corrected chi connectivity index (χ0v) is 18.8. The molecule has 2 aliphatic carbocycles. The van der Waals surface area contributed by atoms with Gasteiger partial charge in [-0.3, -0.25) is 4.99 Å². The van der Waals surface area contributed by atoms with E-state index < -0.39 is 0 Å². The molecule has 6 nitrogen and oxygen atoms in total. The lowest BCUT2D eigenvalue weighted by molar-refractivity contribution is -0.125. The summed E-state index contributed by atoms with van der Waals surface area (Å²) in [6, 6.07) is 0.469. The number of rotatable bonds is 6. The molecule has 2 aliphatic rings. The van der Waals surface area contributed by atoms with Crippen LogP contribution in [0.5, 0.6) is 0 Å². The fourth-order valence-electron chi connectivity index (χ4n) is 4.61. The number of aromatic nitrogens is 1. The van der Waals surface area contributed by atoms with Crippen molar-refractivity contribution in [3.05, 3.63) is 17.0 Å². The minimum Gasteiger partial charge on any atom is -0.378 e. The highest BCUT2D eigenvalue weighted by molar-refractivity contribution is 14.0. The highest BCUT2D eigenvalue weighted by Crippen LogP contribution is 2.54. The summed E-state index contributed by atoms with van der Waals surface area (Å²) in [4.78, 5) is 4.41. The molecule has 148 valence electrons. The van der Waals surface area contributed by atoms with Crippen LogP contribution < -0.4 is 10.6 Å². The predicted octanol–water partition coefficient (Wildman–Crippen LogP) is 3.35. The summed E-state index contributed by atoms with van der Waals surface area (Å²) in [7, 11) is 1.84. The van der Waals surface area contributed by atoms with Crippen LogP contribution in [0.4, 0.5) is 0 Å². The first kappa shape index (κ1) is 21.5. The minimum atomic E-state index is 0. The number of hydrogen-bond donors (Lipinski definition) is 2. The maximum absolute atomic E-state index is 6.00. The van der Waals surface area contributed by atoms with Gasteiger partial charge in [0, 0.05) is 37.2 Å². The maximum Gasteiger partial charge on any atom is 0.191 e. The molecule has 0 aliphatic heterocycles. The second-order valence-corrected chi connectivity index (χ2v) is 7.37. The number of hydrogen-bond acceptors (Lipinski definition) is 4. The van der Waals surface area contributed by atoms with Crippen LogP contribution in [0.25, 0.3) is 0 Å². The Labute approximate surface area is 173 Å². The Bertz CT molecular complexity index is 591. The van der Waals surface area contributed by atoms with Gasteiger partial charge in [0.05, 0.1) is 11.8 Å². The van der Waals surface area contributed by atoms with E-state index in [9.17, 15) is 0 Å². The Morgan fingerprint density at radius 3 is 2.65 bits per heavy atom. The highest BCUT2D eigenvalue weighted by atomic mass is 127. The second-order valence-electron chi connectivity index (χ2n) is 7.37. The molecule has 1 aromatic heterocycles. The fourth-order valence-corrected chi connectivity index (χ4v) is 4.61. The van der Waals surface area contributed by atoms with Crippen molar-refractivity contribution in [1.82, 2.24) is 15.8 Å². The third kappa shape index (κ3) is 4.18. The maximum atomic E-state index is 6.00. The minimum absolute atomic E-state index is 0. The van der Waals surface area contributed by atoms with Gasteiger partial charge in [0.1, 0.15) is 5.76 Å². The van der Waals surface area contributed by atoms with Gasteiger partial charge < -0.3 is 19.9 Å². The summed E-state index contributed by atoms with van der Waals surface area (Å²) in [5.41, 5.74) is 2.48. The molecule has 2 saturated carbocycles. The number of aryl methyl sites for hydroxylation is 2. The highest BCUT2D eigenvalue weighted by Gasteiger charge is 2.56. The molecule has 2 unspecified atom stereocenters. The van der Waals surface area contributed by atoms with Crippen molar-refractivity contribution in [2.75, 3.05) is 20.2 Å². The lowest BCUT2D eigenvalue weighted by atomic mass is 9.60. The summed E-state index contributed by atoms with van der Waals surface area (Å²) in [5.74, 6) is 1.80. The van der Waals surface area contributed by atoms with E-state index in [0.29, 0.717) is 17.6 Å². The van der Waals surface area contributed by atoms with Crippen molar-refractivity contribution in [1.29, 1.82) is 0 Å². The first-order chi connectivity index (χ1) is 12.1. The SMILES string of the molecule is CCOC1CC(NC(=NC)NCCc2c(C)noc2C)C12CCCC2.I. The van der Waals surface area contributed by atoms with Gasteiger partial charge in [-0.05, 0) is 46.5 Å². The van der Waals surface area contributed by atoms with Gasteiger partial charge in [-0.1, -0.05) is 18.0 Å².